The van der Waals surface area contributed by atoms with Crippen LogP contribution in [0.3, 0.4) is 0 Å². The SMILES string of the molecule is NC1=NC2(N=C(Nc3ccccc3)N1)C(=O)Nc1ccccc12. The number of benzene rings is 2. The van der Waals surface area contributed by atoms with Crippen molar-refractivity contribution in [1.82, 2.24) is 5.32 Å². The maximum Gasteiger partial charge on any atom is 0.280 e. The van der Waals surface area contributed by atoms with Crippen molar-refractivity contribution >= 4 is 29.2 Å². The minimum Gasteiger partial charge on any atom is -0.370 e. The summed E-state index contributed by atoms with van der Waals surface area (Å²) in [5, 5.41) is 8.76. The van der Waals surface area contributed by atoms with Gasteiger partial charge in [-0.15, -0.1) is 0 Å². The number of rotatable bonds is 1. The number of nitrogens with zero attached hydrogens (tertiary/aromatic N) is 2. The molecule has 2 aromatic rings. The molecule has 1 spiro atoms. The van der Waals surface area contributed by atoms with Gasteiger partial charge in [-0.25, -0.2) is 9.98 Å². The van der Waals surface area contributed by atoms with Crippen LogP contribution in [0.1, 0.15) is 5.56 Å². The summed E-state index contributed by atoms with van der Waals surface area (Å²) in [6.45, 7) is 0. The molecule has 1 amide bonds. The minimum absolute atomic E-state index is 0.130. The van der Waals surface area contributed by atoms with E-state index in [9.17, 15) is 4.79 Å². The van der Waals surface area contributed by atoms with E-state index in [2.05, 4.69) is 25.9 Å². The molecule has 7 nitrogen and oxygen atoms in total. The molecular weight excluding hydrogens is 292 g/mol. The molecule has 0 fully saturated rings. The van der Waals surface area contributed by atoms with Crippen molar-refractivity contribution in [1.29, 1.82) is 0 Å². The van der Waals surface area contributed by atoms with Gasteiger partial charge in [-0.2, -0.15) is 0 Å². The molecule has 2 aromatic carbocycles. The first-order valence-corrected chi connectivity index (χ1v) is 7.13. The van der Waals surface area contributed by atoms with Crippen LogP contribution < -0.4 is 21.7 Å². The van der Waals surface area contributed by atoms with Gasteiger partial charge in [-0.05, 0) is 18.2 Å². The number of fused-ring (bicyclic) bond motifs is 2. The number of para-hydroxylation sites is 2. The lowest BCUT2D eigenvalue weighted by atomic mass is 10.0. The van der Waals surface area contributed by atoms with Crippen molar-refractivity contribution in [2.75, 3.05) is 10.6 Å². The Kier molecular flexibility index (Phi) is 2.80. The molecule has 0 aromatic heterocycles. The van der Waals surface area contributed by atoms with Crippen LogP contribution >= 0.6 is 0 Å². The Labute approximate surface area is 132 Å². The van der Waals surface area contributed by atoms with Crippen molar-refractivity contribution in [2.24, 2.45) is 15.7 Å². The molecule has 0 saturated carbocycles. The molecule has 23 heavy (non-hydrogen) atoms. The Hall–Kier alpha value is -3.35. The number of anilines is 2. The first kappa shape index (κ1) is 13.3. The van der Waals surface area contributed by atoms with Gasteiger partial charge < -0.3 is 16.4 Å². The van der Waals surface area contributed by atoms with Gasteiger partial charge in [0.15, 0.2) is 5.96 Å². The van der Waals surface area contributed by atoms with E-state index in [1.165, 1.54) is 0 Å². The maximum atomic E-state index is 12.5. The molecule has 5 N–H and O–H groups in total. The van der Waals surface area contributed by atoms with E-state index in [0.29, 0.717) is 17.2 Å². The Morgan fingerprint density at radius 1 is 0.957 bits per heavy atom. The van der Waals surface area contributed by atoms with Crippen molar-refractivity contribution < 1.29 is 4.79 Å². The van der Waals surface area contributed by atoms with Gasteiger partial charge in [-0.3, -0.25) is 10.1 Å². The normalized spacial score (nSPS) is 21.8. The molecule has 0 radical (unpaired) electrons. The molecule has 2 aliphatic rings. The first-order chi connectivity index (χ1) is 11.2. The van der Waals surface area contributed by atoms with Crippen LogP contribution in [0, 0.1) is 0 Å². The lowest BCUT2D eigenvalue weighted by molar-refractivity contribution is -0.120. The lowest BCUT2D eigenvalue weighted by Crippen LogP contribution is -2.49. The smallest absolute Gasteiger partial charge is 0.280 e. The van der Waals surface area contributed by atoms with Gasteiger partial charge >= 0.3 is 0 Å². The molecule has 7 heteroatoms. The second kappa shape index (κ2) is 4.84. The van der Waals surface area contributed by atoms with E-state index in [0.717, 1.165) is 5.69 Å². The second-order valence-electron chi connectivity index (χ2n) is 5.25. The van der Waals surface area contributed by atoms with Gasteiger partial charge in [0.2, 0.25) is 5.96 Å². The highest BCUT2D eigenvalue weighted by Gasteiger charge is 2.49. The maximum absolute atomic E-state index is 12.5. The molecule has 114 valence electrons. The third-order valence-electron chi connectivity index (χ3n) is 3.71. The molecule has 1 unspecified atom stereocenters. The monoisotopic (exact) mass is 306 g/mol. The van der Waals surface area contributed by atoms with E-state index in [1.54, 1.807) is 0 Å². The lowest BCUT2D eigenvalue weighted by Gasteiger charge is -2.26. The summed E-state index contributed by atoms with van der Waals surface area (Å²) in [6.07, 6.45) is 0. The number of carbonyl (C=O) groups excluding carboxylic acids is 1. The van der Waals surface area contributed by atoms with Crippen molar-refractivity contribution in [2.45, 2.75) is 5.66 Å². The van der Waals surface area contributed by atoms with E-state index in [4.69, 9.17) is 5.73 Å². The zero-order chi connectivity index (χ0) is 15.9. The molecule has 0 bridgehead atoms. The molecule has 4 rings (SSSR count). The predicted octanol–water partition coefficient (Wildman–Crippen LogP) is 1.18. The zero-order valence-corrected chi connectivity index (χ0v) is 12.1. The minimum atomic E-state index is -1.39. The summed E-state index contributed by atoms with van der Waals surface area (Å²) in [7, 11) is 0. The average Bonchev–Trinajstić information content (AvgIpc) is 2.80. The number of carbonyl (C=O) groups is 1. The van der Waals surface area contributed by atoms with Crippen LogP contribution in [0.4, 0.5) is 11.4 Å². The molecule has 2 aliphatic heterocycles. The fraction of sp³-hybridized carbons (Fsp3) is 0.0625. The number of nitrogens with one attached hydrogen (secondary N) is 3. The number of hydrogen-bond donors (Lipinski definition) is 4. The van der Waals surface area contributed by atoms with Crippen molar-refractivity contribution in [3.63, 3.8) is 0 Å². The number of nitrogens with two attached hydrogens (primary N) is 1. The average molecular weight is 306 g/mol. The molecular formula is C16H14N6O. The van der Waals surface area contributed by atoms with E-state index < -0.39 is 5.66 Å². The summed E-state index contributed by atoms with van der Waals surface area (Å²) >= 11 is 0. The topological polar surface area (TPSA) is 104 Å². The molecule has 1 atom stereocenters. The summed E-state index contributed by atoms with van der Waals surface area (Å²) in [6, 6.07) is 16.8. The highest BCUT2D eigenvalue weighted by molar-refractivity contribution is 6.13. The Bertz CT molecular complexity index is 845. The second-order valence-corrected chi connectivity index (χ2v) is 5.25. The van der Waals surface area contributed by atoms with Gasteiger partial charge in [0.1, 0.15) is 0 Å². The van der Waals surface area contributed by atoms with Crippen LogP contribution in [-0.2, 0) is 10.5 Å². The van der Waals surface area contributed by atoms with Gasteiger partial charge in [0, 0.05) is 16.9 Å². The predicted molar refractivity (Wildman–Crippen MR) is 89.0 cm³/mol. The summed E-state index contributed by atoms with van der Waals surface area (Å²) in [4.78, 5) is 21.3. The number of hydrogen-bond acceptors (Lipinski definition) is 6. The van der Waals surface area contributed by atoms with E-state index in [1.807, 2.05) is 54.6 Å². The summed E-state index contributed by atoms with van der Waals surface area (Å²) < 4.78 is 0. The third kappa shape index (κ3) is 2.10. The number of guanidine groups is 2. The highest BCUT2D eigenvalue weighted by atomic mass is 16.2. The molecule has 0 aliphatic carbocycles. The van der Waals surface area contributed by atoms with Crippen LogP contribution in [0.5, 0.6) is 0 Å². The first-order valence-electron chi connectivity index (χ1n) is 7.13. The van der Waals surface area contributed by atoms with E-state index in [-0.39, 0.29) is 11.9 Å². The quantitative estimate of drug-likeness (QED) is 0.635. The Balaban J connectivity index is 1.79. The van der Waals surface area contributed by atoms with Gasteiger partial charge in [0.25, 0.3) is 11.6 Å². The van der Waals surface area contributed by atoms with Crippen LogP contribution in [0.2, 0.25) is 0 Å². The molecule has 2 heterocycles. The number of amides is 1. The Morgan fingerprint density at radius 2 is 1.70 bits per heavy atom. The van der Waals surface area contributed by atoms with Crippen molar-refractivity contribution in [3.05, 3.63) is 60.2 Å². The van der Waals surface area contributed by atoms with Crippen LogP contribution in [0.25, 0.3) is 0 Å². The third-order valence-corrected chi connectivity index (χ3v) is 3.71. The highest BCUT2D eigenvalue weighted by Crippen LogP contribution is 2.40. The standard InChI is InChI=1S/C16H14N6O/c17-14-20-15(18-10-6-2-1-3-7-10)22-16(21-14)11-8-4-5-9-12(11)19-13(16)23/h1-9H,(H,19,23)(H4,17,18,20,21,22). The van der Waals surface area contributed by atoms with E-state index >= 15 is 0 Å². The fourth-order valence-electron chi connectivity index (χ4n) is 2.71. The number of aliphatic imine (C=N–C) groups is 2. The fourth-order valence-corrected chi connectivity index (χ4v) is 2.71. The largest absolute Gasteiger partial charge is 0.370 e. The van der Waals surface area contributed by atoms with Gasteiger partial charge in [-0.1, -0.05) is 36.4 Å². The Morgan fingerprint density at radius 3 is 2.52 bits per heavy atom. The van der Waals surface area contributed by atoms with Crippen LogP contribution in [-0.4, -0.2) is 17.8 Å². The zero-order valence-electron chi connectivity index (χ0n) is 12.1. The molecule has 0 saturated heterocycles. The van der Waals surface area contributed by atoms with Crippen molar-refractivity contribution in [3.8, 4) is 0 Å². The summed E-state index contributed by atoms with van der Waals surface area (Å²) in [5.41, 5.74) is 6.71. The van der Waals surface area contributed by atoms with Crippen LogP contribution in [0.15, 0.2) is 64.6 Å². The summed E-state index contributed by atoms with van der Waals surface area (Å²) in [5.74, 6) is 0.177. The van der Waals surface area contributed by atoms with Gasteiger partial charge in [0.05, 0.1) is 0 Å².